The van der Waals surface area contributed by atoms with Gasteiger partial charge in [-0.3, -0.25) is 19.9 Å². The minimum atomic E-state index is -3.78. The number of nitrogens with zero attached hydrogens (tertiary/aromatic N) is 2. The van der Waals surface area contributed by atoms with Crippen LogP contribution in [0.4, 0.5) is 11.6 Å². The van der Waals surface area contributed by atoms with Crippen molar-refractivity contribution in [2.45, 2.75) is 37.5 Å². The SMILES string of the molecule is Cc1ccc(C)c(S(=O)(=O)Nc2cccc(C(=O)Nc3n[nH]c(C4CC4)n3)c2)c1. The zero-order valence-electron chi connectivity index (χ0n) is 16.1. The zero-order chi connectivity index (χ0) is 20.6. The summed E-state index contributed by atoms with van der Waals surface area (Å²) in [6.07, 6.45) is 2.15. The summed E-state index contributed by atoms with van der Waals surface area (Å²) in [7, 11) is -3.78. The number of sulfonamides is 1. The Morgan fingerprint density at radius 1 is 1.14 bits per heavy atom. The third-order valence-corrected chi connectivity index (χ3v) is 6.23. The first kappa shape index (κ1) is 19.1. The van der Waals surface area contributed by atoms with Gasteiger partial charge in [-0.2, -0.15) is 4.98 Å². The van der Waals surface area contributed by atoms with E-state index >= 15 is 0 Å². The van der Waals surface area contributed by atoms with E-state index in [9.17, 15) is 13.2 Å². The van der Waals surface area contributed by atoms with Gasteiger partial charge < -0.3 is 0 Å². The molecular weight excluding hydrogens is 390 g/mol. The number of amides is 1. The average molecular weight is 411 g/mol. The number of benzene rings is 2. The maximum Gasteiger partial charge on any atom is 0.262 e. The van der Waals surface area contributed by atoms with Gasteiger partial charge >= 0.3 is 0 Å². The molecule has 0 atom stereocenters. The van der Waals surface area contributed by atoms with E-state index < -0.39 is 15.9 Å². The van der Waals surface area contributed by atoms with Crippen LogP contribution in [0.1, 0.15) is 46.1 Å². The minimum Gasteiger partial charge on any atom is -0.289 e. The Bertz CT molecular complexity index is 1180. The average Bonchev–Trinajstić information content (AvgIpc) is 3.43. The summed E-state index contributed by atoms with van der Waals surface area (Å²) < 4.78 is 28.1. The van der Waals surface area contributed by atoms with E-state index in [1.165, 1.54) is 6.07 Å². The quantitative estimate of drug-likeness (QED) is 0.575. The summed E-state index contributed by atoms with van der Waals surface area (Å²) in [5, 5.41) is 9.46. The Hall–Kier alpha value is -3.20. The number of hydrogen-bond donors (Lipinski definition) is 3. The minimum absolute atomic E-state index is 0.207. The second-order valence-electron chi connectivity index (χ2n) is 7.23. The van der Waals surface area contributed by atoms with Crippen molar-refractivity contribution in [1.29, 1.82) is 0 Å². The smallest absolute Gasteiger partial charge is 0.262 e. The van der Waals surface area contributed by atoms with Gasteiger partial charge in [-0.25, -0.2) is 8.42 Å². The highest BCUT2D eigenvalue weighted by Gasteiger charge is 2.27. The second kappa shape index (κ2) is 7.32. The molecule has 0 aliphatic heterocycles. The van der Waals surface area contributed by atoms with Gasteiger partial charge in [-0.15, -0.1) is 5.10 Å². The molecule has 1 amide bonds. The lowest BCUT2D eigenvalue weighted by atomic mass is 10.2. The van der Waals surface area contributed by atoms with E-state index in [-0.39, 0.29) is 10.8 Å². The largest absolute Gasteiger partial charge is 0.289 e. The normalized spacial score (nSPS) is 13.9. The molecule has 8 nitrogen and oxygen atoms in total. The first-order chi connectivity index (χ1) is 13.8. The topological polar surface area (TPSA) is 117 Å². The van der Waals surface area contributed by atoms with Crippen molar-refractivity contribution in [2.24, 2.45) is 0 Å². The van der Waals surface area contributed by atoms with Crippen LogP contribution in [0.5, 0.6) is 0 Å². The van der Waals surface area contributed by atoms with Crippen molar-refractivity contribution in [3.05, 3.63) is 65.0 Å². The van der Waals surface area contributed by atoms with Crippen molar-refractivity contribution < 1.29 is 13.2 Å². The first-order valence-corrected chi connectivity index (χ1v) is 10.7. The van der Waals surface area contributed by atoms with Crippen LogP contribution >= 0.6 is 0 Å². The molecule has 1 aliphatic carbocycles. The number of aryl methyl sites for hydroxylation is 2. The molecule has 0 radical (unpaired) electrons. The van der Waals surface area contributed by atoms with Crippen molar-refractivity contribution in [3.8, 4) is 0 Å². The zero-order valence-corrected chi connectivity index (χ0v) is 16.9. The Labute approximate surface area is 168 Å². The lowest BCUT2D eigenvalue weighted by Crippen LogP contribution is -2.16. The summed E-state index contributed by atoms with van der Waals surface area (Å²) in [4.78, 5) is 17.0. The monoisotopic (exact) mass is 411 g/mol. The molecule has 1 heterocycles. The van der Waals surface area contributed by atoms with E-state index in [2.05, 4.69) is 25.2 Å². The number of carbonyl (C=O) groups is 1. The van der Waals surface area contributed by atoms with Crippen molar-refractivity contribution in [1.82, 2.24) is 15.2 Å². The Morgan fingerprint density at radius 3 is 2.69 bits per heavy atom. The molecule has 4 rings (SSSR count). The molecule has 3 aromatic rings. The molecule has 1 aliphatic rings. The van der Waals surface area contributed by atoms with E-state index in [1.807, 2.05) is 13.0 Å². The number of H-pyrrole nitrogens is 1. The number of nitrogens with one attached hydrogen (secondary N) is 3. The Kier molecular flexibility index (Phi) is 4.83. The summed E-state index contributed by atoms with van der Waals surface area (Å²) in [6, 6.07) is 11.5. The predicted molar refractivity (Wildman–Crippen MR) is 109 cm³/mol. The van der Waals surface area contributed by atoms with Gasteiger partial charge in [-0.05, 0) is 62.1 Å². The van der Waals surface area contributed by atoms with E-state index in [4.69, 9.17) is 0 Å². The molecule has 0 spiro atoms. The molecule has 1 saturated carbocycles. The van der Waals surface area contributed by atoms with Gasteiger partial charge in [-0.1, -0.05) is 18.2 Å². The lowest BCUT2D eigenvalue weighted by Gasteiger charge is -2.12. The molecule has 0 saturated heterocycles. The van der Waals surface area contributed by atoms with Crippen LogP contribution in [0.15, 0.2) is 47.4 Å². The van der Waals surface area contributed by atoms with Gasteiger partial charge in [0.25, 0.3) is 15.9 Å². The van der Waals surface area contributed by atoms with Gasteiger partial charge in [0.1, 0.15) is 5.82 Å². The number of hydrogen-bond acceptors (Lipinski definition) is 5. The fourth-order valence-electron chi connectivity index (χ4n) is 2.97. The van der Waals surface area contributed by atoms with Gasteiger partial charge in [0.2, 0.25) is 5.95 Å². The lowest BCUT2D eigenvalue weighted by molar-refractivity contribution is 0.102. The molecule has 1 aromatic heterocycles. The molecule has 3 N–H and O–H groups in total. The Balaban J connectivity index is 1.51. The Morgan fingerprint density at radius 2 is 1.93 bits per heavy atom. The molecule has 2 aromatic carbocycles. The van der Waals surface area contributed by atoms with Crippen molar-refractivity contribution in [3.63, 3.8) is 0 Å². The van der Waals surface area contributed by atoms with Crippen molar-refractivity contribution >= 4 is 27.6 Å². The molecule has 1 fully saturated rings. The summed E-state index contributed by atoms with van der Waals surface area (Å²) in [6.45, 7) is 3.58. The summed E-state index contributed by atoms with van der Waals surface area (Å²) >= 11 is 0. The molecule has 9 heteroatoms. The molecule has 0 bridgehead atoms. The van der Waals surface area contributed by atoms with Crippen LogP contribution in [0, 0.1) is 13.8 Å². The summed E-state index contributed by atoms with van der Waals surface area (Å²) in [5.74, 6) is 0.962. The van der Waals surface area contributed by atoms with Gasteiger partial charge in [0.15, 0.2) is 0 Å². The van der Waals surface area contributed by atoms with E-state index in [0.717, 1.165) is 24.2 Å². The highest BCUT2D eigenvalue weighted by Crippen LogP contribution is 2.38. The number of anilines is 2. The van der Waals surface area contributed by atoms with Crippen LogP contribution in [0.3, 0.4) is 0 Å². The predicted octanol–water partition coefficient (Wildman–Crippen LogP) is 3.35. The standard InChI is InChI=1S/C20H21N5O3S/c1-12-6-7-13(2)17(10-12)29(27,28)25-16-5-3-4-15(11-16)19(26)22-20-21-18(23-24-20)14-8-9-14/h3-7,10-11,14,25H,8-9H2,1-2H3,(H2,21,22,23,24,26). The van der Waals surface area contributed by atoms with Crippen LogP contribution in [0.2, 0.25) is 0 Å². The molecular formula is C20H21N5O3S. The van der Waals surface area contributed by atoms with E-state index in [1.54, 1.807) is 37.3 Å². The maximum absolute atomic E-state index is 12.8. The van der Waals surface area contributed by atoms with Crippen LogP contribution in [-0.4, -0.2) is 29.5 Å². The molecule has 150 valence electrons. The highest BCUT2D eigenvalue weighted by atomic mass is 32.2. The summed E-state index contributed by atoms with van der Waals surface area (Å²) in [5.41, 5.74) is 2.09. The van der Waals surface area contributed by atoms with Crippen molar-refractivity contribution in [2.75, 3.05) is 10.0 Å². The number of rotatable bonds is 6. The van der Waals surface area contributed by atoms with Crippen LogP contribution in [0.25, 0.3) is 0 Å². The first-order valence-electron chi connectivity index (χ1n) is 9.25. The third kappa shape index (κ3) is 4.29. The maximum atomic E-state index is 12.8. The van der Waals surface area contributed by atoms with Crippen LogP contribution in [-0.2, 0) is 10.0 Å². The highest BCUT2D eigenvalue weighted by molar-refractivity contribution is 7.92. The number of aromatic amines is 1. The fraction of sp³-hybridized carbons (Fsp3) is 0.250. The molecule has 29 heavy (non-hydrogen) atoms. The number of aromatic nitrogens is 3. The number of carbonyl (C=O) groups excluding carboxylic acids is 1. The van der Waals surface area contributed by atoms with Crippen LogP contribution < -0.4 is 10.0 Å². The van der Waals surface area contributed by atoms with Gasteiger partial charge in [0.05, 0.1) is 4.90 Å². The van der Waals surface area contributed by atoms with Gasteiger partial charge in [0, 0.05) is 17.2 Å². The van der Waals surface area contributed by atoms with E-state index in [0.29, 0.717) is 22.7 Å². The second-order valence-corrected chi connectivity index (χ2v) is 8.88. The molecule has 0 unspecified atom stereocenters. The third-order valence-electron chi connectivity index (χ3n) is 4.70. The fourth-order valence-corrected chi connectivity index (χ4v) is 4.35.